The number of hydrogen-bond donors (Lipinski definition) is 0. The van der Waals surface area contributed by atoms with Gasteiger partial charge in [0, 0.05) is 36.1 Å². The van der Waals surface area contributed by atoms with Crippen molar-refractivity contribution in [2.75, 3.05) is 26.4 Å². The van der Waals surface area contributed by atoms with Crippen molar-refractivity contribution in [3.63, 3.8) is 0 Å². The number of carbonyl (C=O) groups is 4. The molecule has 0 aromatic carbocycles. The molecule has 0 aliphatic heterocycles. The Morgan fingerprint density at radius 2 is 0.750 bits per heavy atom. The molecule has 0 saturated carbocycles. The van der Waals surface area contributed by atoms with E-state index < -0.39 is 23.9 Å². The summed E-state index contributed by atoms with van der Waals surface area (Å²) in [4.78, 5) is 42.6. The van der Waals surface area contributed by atoms with Crippen molar-refractivity contribution in [1.82, 2.24) is 0 Å². The van der Waals surface area contributed by atoms with Crippen LogP contribution in [-0.4, -0.2) is 50.3 Å². The highest BCUT2D eigenvalue weighted by molar-refractivity contribution is 5.82. The SMILES string of the molecule is C=CC(=O)OCC(C)COC(=O)C=C.C=CC(=O)OCC(C)COC(=O)C=C. The van der Waals surface area contributed by atoms with Gasteiger partial charge in [0.1, 0.15) is 0 Å². The second-order valence-corrected chi connectivity index (χ2v) is 5.55. The van der Waals surface area contributed by atoms with E-state index in [0.717, 1.165) is 24.3 Å². The van der Waals surface area contributed by atoms with Crippen LogP contribution in [0.25, 0.3) is 0 Å². The van der Waals surface area contributed by atoms with Gasteiger partial charge in [-0.1, -0.05) is 40.2 Å². The standard InChI is InChI=1S/2C10H14O4/c2*1-4-9(11)13-6-8(3)7-14-10(12)5-2/h2*4-5,8H,1-2,6-7H2,3H3. The molecule has 0 unspecified atom stereocenters. The van der Waals surface area contributed by atoms with Gasteiger partial charge >= 0.3 is 23.9 Å². The van der Waals surface area contributed by atoms with Gasteiger partial charge in [-0.05, 0) is 0 Å². The summed E-state index contributed by atoms with van der Waals surface area (Å²) in [5.74, 6) is -2.00. The second-order valence-electron chi connectivity index (χ2n) is 5.55. The number of esters is 4. The summed E-state index contributed by atoms with van der Waals surface area (Å²) >= 11 is 0. The van der Waals surface area contributed by atoms with Gasteiger partial charge in [0.15, 0.2) is 0 Å². The third-order valence-corrected chi connectivity index (χ3v) is 2.71. The first-order valence-corrected chi connectivity index (χ1v) is 8.36. The molecular formula is C20H28O8. The first-order valence-electron chi connectivity index (χ1n) is 8.36. The zero-order valence-electron chi connectivity index (χ0n) is 16.4. The molecule has 8 heteroatoms. The van der Waals surface area contributed by atoms with Crippen LogP contribution < -0.4 is 0 Å². The van der Waals surface area contributed by atoms with Crippen LogP contribution in [0.5, 0.6) is 0 Å². The van der Waals surface area contributed by atoms with Crippen molar-refractivity contribution in [2.45, 2.75) is 13.8 Å². The molecule has 0 saturated heterocycles. The van der Waals surface area contributed by atoms with E-state index in [1.807, 2.05) is 0 Å². The normalized spacial score (nSPS) is 9.29. The molecule has 0 bridgehead atoms. The van der Waals surface area contributed by atoms with Crippen molar-refractivity contribution in [1.29, 1.82) is 0 Å². The topological polar surface area (TPSA) is 105 Å². The van der Waals surface area contributed by atoms with Crippen LogP contribution in [0.15, 0.2) is 50.6 Å². The molecule has 0 N–H and O–H groups in total. The lowest BCUT2D eigenvalue weighted by Crippen LogP contribution is -2.16. The van der Waals surface area contributed by atoms with Crippen LogP contribution >= 0.6 is 0 Å². The summed E-state index contributed by atoms with van der Waals surface area (Å²) in [5.41, 5.74) is 0. The van der Waals surface area contributed by atoms with E-state index in [2.05, 4.69) is 26.3 Å². The van der Waals surface area contributed by atoms with E-state index >= 15 is 0 Å². The highest BCUT2D eigenvalue weighted by Gasteiger charge is 2.08. The fourth-order valence-electron chi connectivity index (χ4n) is 1.23. The highest BCUT2D eigenvalue weighted by Crippen LogP contribution is 1.99. The molecule has 0 aliphatic carbocycles. The Balaban J connectivity index is 0. The molecule has 0 spiro atoms. The van der Waals surface area contributed by atoms with Crippen LogP contribution in [0.3, 0.4) is 0 Å². The third kappa shape index (κ3) is 17.7. The van der Waals surface area contributed by atoms with Gasteiger partial charge in [-0.2, -0.15) is 0 Å². The molecule has 0 aliphatic rings. The van der Waals surface area contributed by atoms with Gasteiger partial charge in [-0.15, -0.1) is 0 Å². The maximum Gasteiger partial charge on any atom is 0.330 e. The lowest BCUT2D eigenvalue weighted by Gasteiger charge is -2.10. The van der Waals surface area contributed by atoms with Crippen molar-refractivity contribution < 1.29 is 38.1 Å². The Morgan fingerprint density at radius 1 is 0.571 bits per heavy atom. The molecule has 0 radical (unpaired) electrons. The predicted molar refractivity (Wildman–Crippen MR) is 103 cm³/mol. The molecule has 156 valence electrons. The summed E-state index contributed by atoms with van der Waals surface area (Å²) in [7, 11) is 0. The largest absolute Gasteiger partial charge is 0.462 e. The summed E-state index contributed by atoms with van der Waals surface area (Å²) in [6, 6.07) is 0. The Bertz CT molecular complexity index is 467. The molecule has 28 heavy (non-hydrogen) atoms. The lowest BCUT2D eigenvalue weighted by molar-refractivity contribution is -0.144. The predicted octanol–water partition coefficient (Wildman–Crippen LogP) is 2.16. The number of ether oxygens (including phenoxy) is 4. The molecule has 0 aromatic heterocycles. The Labute approximate surface area is 165 Å². The smallest absolute Gasteiger partial charge is 0.330 e. The molecule has 8 nitrogen and oxygen atoms in total. The van der Waals surface area contributed by atoms with Gasteiger partial charge in [-0.25, -0.2) is 19.2 Å². The van der Waals surface area contributed by atoms with Crippen LogP contribution in [0.2, 0.25) is 0 Å². The van der Waals surface area contributed by atoms with Gasteiger partial charge in [0.05, 0.1) is 26.4 Å². The Hall–Kier alpha value is -3.16. The number of hydrogen-bond acceptors (Lipinski definition) is 8. The van der Waals surface area contributed by atoms with Gasteiger partial charge < -0.3 is 18.9 Å². The average Bonchev–Trinajstić information content (AvgIpc) is 2.72. The number of carbonyl (C=O) groups excluding carboxylic acids is 4. The molecule has 0 fully saturated rings. The first-order chi connectivity index (χ1) is 13.2. The minimum atomic E-state index is -0.480. The monoisotopic (exact) mass is 396 g/mol. The van der Waals surface area contributed by atoms with Crippen LogP contribution in [-0.2, 0) is 38.1 Å². The fraction of sp³-hybridized carbons (Fsp3) is 0.400. The second kappa shape index (κ2) is 17.3. The lowest BCUT2D eigenvalue weighted by atomic mass is 10.2. The molecular weight excluding hydrogens is 368 g/mol. The zero-order valence-corrected chi connectivity index (χ0v) is 16.4. The van der Waals surface area contributed by atoms with Crippen LogP contribution in [0.4, 0.5) is 0 Å². The maximum atomic E-state index is 10.6. The van der Waals surface area contributed by atoms with Crippen LogP contribution in [0, 0.1) is 11.8 Å². The minimum Gasteiger partial charge on any atom is -0.462 e. The van der Waals surface area contributed by atoms with Gasteiger partial charge in [-0.3, -0.25) is 0 Å². The van der Waals surface area contributed by atoms with Gasteiger partial charge in [0.25, 0.3) is 0 Å². The Kier molecular flexibility index (Phi) is 16.7. The summed E-state index contributed by atoms with van der Waals surface area (Å²) < 4.78 is 19.0. The Morgan fingerprint density at radius 3 is 0.893 bits per heavy atom. The van der Waals surface area contributed by atoms with E-state index in [1.54, 1.807) is 13.8 Å². The zero-order chi connectivity index (χ0) is 21.9. The van der Waals surface area contributed by atoms with Gasteiger partial charge in [0.2, 0.25) is 0 Å². The number of rotatable bonds is 12. The molecule has 0 heterocycles. The summed E-state index contributed by atoms with van der Waals surface area (Å²) in [5, 5.41) is 0. The molecule has 0 atom stereocenters. The third-order valence-electron chi connectivity index (χ3n) is 2.71. The highest BCUT2D eigenvalue weighted by atomic mass is 16.6. The summed E-state index contributed by atoms with van der Waals surface area (Å²) in [6.45, 7) is 17.4. The van der Waals surface area contributed by atoms with Crippen molar-refractivity contribution in [3.05, 3.63) is 50.6 Å². The summed E-state index contributed by atoms with van der Waals surface area (Å²) in [6.07, 6.45) is 4.34. The van der Waals surface area contributed by atoms with Crippen molar-refractivity contribution in [3.8, 4) is 0 Å². The van der Waals surface area contributed by atoms with E-state index in [0.29, 0.717) is 0 Å². The van der Waals surface area contributed by atoms with E-state index in [4.69, 9.17) is 18.9 Å². The molecule has 0 amide bonds. The van der Waals surface area contributed by atoms with Crippen LogP contribution in [0.1, 0.15) is 13.8 Å². The quantitative estimate of drug-likeness (QED) is 0.281. The fourth-order valence-corrected chi connectivity index (χ4v) is 1.23. The maximum absolute atomic E-state index is 10.6. The molecule has 0 rings (SSSR count). The average molecular weight is 396 g/mol. The van der Waals surface area contributed by atoms with Crippen molar-refractivity contribution in [2.24, 2.45) is 11.8 Å². The minimum absolute atomic E-state index is 0.0391. The van der Waals surface area contributed by atoms with Crippen molar-refractivity contribution >= 4 is 23.9 Å². The first kappa shape index (κ1) is 27.1. The molecule has 0 aromatic rings. The van der Waals surface area contributed by atoms with E-state index in [-0.39, 0.29) is 38.3 Å². The van der Waals surface area contributed by atoms with E-state index in [1.165, 1.54) is 0 Å². The van der Waals surface area contributed by atoms with E-state index in [9.17, 15) is 19.2 Å².